The van der Waals surface area contributed by atoms with Crippen molar-refractivity contribution in [1.82, 2.24) is 14.1 Å². The molecule has 26 rings (SSSR count). The topological polar surface area (TPSA) is 22.8 Å². The van der Waals surface area contributed by atoms with Crippen LogP contribution >= 0.6 is 11.3 Å². The Kier molecular flexibility index (Phi) is 15.4. The summed E-state index contributed by atoms with van der Waals surface area (Å²) in [7, 11) is 0. The summed E-state index contributed by atoms with van der Waals surface area (Å²) < 4.78 is 7.44. The van der Waals surface area contributed by atoms with Gasteiger partial charge in [0.25, 0.3) is 0 Å². The number of fused-ring (bicyclic) bond motifs is 27. The van der Waals surface area contributed by atoms with Crippen molar-refractivity contribution in [2.75, 3.05) is 0 Å². The average molecular weight is 1570 g/mol. The molecule has 4 aromatic heterocycles. The first-order valence-electron chi connectivity index (χ1n) is 42.4. The van der Waals surface area contributed by atoms with Crippen LogP contribution in [0, 0.1) is 0 Å². The third-order valence-electron chi connectivity index (χ3n) is 26.5. The molecule has 3 nitrogen and oxygen atoms in total. The van der Waals surface area contributed by atoms with Crippen LogP contribution < -0.4 is 0 Å². The third kappa shape index (κ3) is 10.8. The van der Waals surface area contributed by atoms with Crippen LogP contribution in [-0.4, -0.2) is 14.1 Å². The average Bonchev–Trinajstić information content (AvgIpc) is 1.54. The number of rotatable bonds is 10. The first kappa shape index (κ1) is 69.1. The first-order chi connectivity index (χ1) is 61.0. The summed E-state index contributed by atoms with van der Waals surface area (Å²) in [4.78, 5) is 5.45. The molecule has 0 aliphatic carbocycles. The Morgan fingerprint density at radius 2 is 0.504 bits per heavy atom. The number of aromatic nitrogens is 3. The summed E-state index contributed by atoms with van der Waals surface area (Å²) in [5, 5.41) is 29.5. The normalized spacial score (nSPS) is 12.1. The second-order valence-electron chi connectivity index (χ2n) is 33.0. The van der Waals surface area contributed by atoms with Gasteiger partial charge in [-0.2, -0.15) is 0 Å². The molecule has 0 fully saturated rings. The first-order valence-corrected chi connectivity index (χ1v) is 43.3. The maximum Gasteiger partial charge on any atom is 0.0708 e. The number of hydrogen-bond acceptors (Lipinski definition) is 2. The molecule has 0 unspecified atom stereocenters. The lowest BCUT2D eigenvalue weighted by Crippen LogP contribution is -1.97. The van der Waals surface area contributed by atoms with Crippen molar-refractivity contribution in [2.24, 2.45) is 0 Å². The highest BCUT2D eigenvalue weighted by atomic mass is 32.1. The quantitative estimate of drug-likeness (QED) is 0.125. The minimum atomic E-state index is 0.923. The van der Waals surface area contributed by atoms with Gasteiger partial charge in [-0.25, -0.2) is 0 Å². The van der Waals surface area contributed by atoms with E-state index in [0.29, 0.717) is 0 Å². The molecule has 0 aliphatic heterocycles. The molecule has 0 radical (unpaired) electrons. The van der Waals surface area contributed by atoms with E-state index in [2.05, 4.69) is 440 Å². The van der Waals surface area contributed by atoms with Crippen molar-refractivity contribution in [1.29, 1.82) is 0 Å². The van der Waals surface area contributed by atoms with Gasteiger partial charge < -0.3 is 9.13 Å². The number of hydrogen-bond donors (Lipinski definition) is 0. The lowest BCUT2D eigenvalue weighted by molar-refractivity contribution is 1.18. The fourth-order valence-electron chi connectivity index (χ4n) is 20.9. The van der Waals surface area contributed by atoms with Crippen LogP contribution in [0.5, 0.6) is 0 Å². The molecule has 0 atom stereocenters. The second-order valence-corrected chi connectivity index (χ2v) is 34.1. The summed E-state index contributed by atoms with van der Waals surface area (Å²) in [6, 6.07) is 159. The van der Waals surface area contributed by atoms with Crippen LogP contribution in [-0.2, 0) is 0 Å². The minimum Gasteiger partial charge on any atom is -0.309 e. The molecule has 0 N–H and O–H groups in total. The van der Waals surface area contributed by atoms with Crippen LogP contribution in [0.3, 0.4) is 0 Å². The summed E-state index contributed by atoms with van der Waals surface area (Å²) in [5.74, 6) is 0. The zero-order valence-corrected chi connectivity index (χ0v) is 67.6. The Balaban J connectivity index is 0.692. The van der Waals surface area contributed by atoms with Gasteiger partial charge >= 0.3 is 0 Å². The molecule has 0 amide bonds. The number of para-hydroxylation sites is 3. The molecule has 4 heteroatoms. The highest BCUT2D eigenvalue weighted by Crippen LogP contribution is 2.51. The Hall–Kier alpha value is -15.9. The van der Waals surface area contributed by atoms with Crippen molar-refractivity contribution >= 4 is 172 Å². The molecule has 0 bridgehead atoms. The lowest BCUT2D eigenvalue weighted by Gasteiger charge is -2.20. The van der Waals surface area contributed by atoms with E-state index in [1.165, 1.54) is 167 Å². The molecule has 22 aromatic carbocycles. The lowest BCUT2D eigenvalue weighted by atomic mass is 9.86. The van der Waals surface area contributed by atoms with Gasteiger partial charge in [0.15, 0.2) is 0 Å². The molecular weight excluding hydrogens is 1500 g/mol. The van der Waals surface area contributed by atoms with Crippen molar-refractivity contribution in [3.63, 3.8) is 0 Å². The van der Waals surface area contributed by atoms with Gasteiger partial charge in [0, 0.05) is 75.8 Å². The van der Waals surface area contributed by atoms with Gasteiger partial charge in [-0.1, -0.05) is 322 Å². The summed E-state index contributed by atoms with van der Waals surface area (Å²) in [6.45, 7) is 0. The molecule has 0 saturated carbocycles. The van der Waals surface area contributed by atoms with Gasteiger partial charge in [0.05, 0.1) is 27.8 Å². The molecule has 0 spiro atoms. The van der Waals surface area contributed by atoms with Gasteiger partial charge in [0.1, 0.15) is 0 Å². The summed E-state index contributed by atoms with van der Waals surface area (Å²) in [5.41, 5.74) is 25.0. The largest absolute Gasteiger partial charge is 0.309 e. The van der Waals surface area contributed by atoms with Crippen LogP contribution in [0.1, 0.15) is 0 Å². The van der Waals surface area contributed by atoms with Gasteiger partial charge in [-0.3, -0.25) is 4.98 Å². The number of pyridine rings is 1. The number of benzene rings is 22. The van der Waals surface area contributed by atoms with E-state index in [1.807, 2.05) is 11.3 Å². The van der Waals surface area contributed by atoms with E-state index in [-0.39, 0.29) is 0 Å². The van der Waals surface area contributed by atoms with E-state index in [9.17, 15) is 0 Å². The minimum absolute atomic E-state index is 0.923. The van der Waals surface area contributed by atoms with E-state index in [1.54, 1.807) is 0 Å². The molecule has 123 heavy (non-hydrogen) atoms. The fraction of sp³-hybridized carbons (Fsp3) is 0. The van der Waals surface area contributed by atoms with Gasteiger partial charge in [-0.05, 0) is 267 Å². The Morgan fingerprint density at radius 3 is 1.02 bits per heavy atom. The van der Waals surface area contributed by atoms with E-state index < -0.39 is 0 Å². The number of nitrogens with zero attached hydrogens (tertiary/aromatic N) is 3. The highest BCUT2D eigenvalue weighted by Gasteiger charge is 2.25. The SMILES string of the molecule is c1ccc(-c2cccc3c2sc2c(-c4cc(-c5cc6c7ccccc7c7ccccc7c6cn5)ccc4-c4ccc(-n5c6ccccc6c6cc(-c7cc(-c8ccc9c%10ccccc%10c%10ccccc%10c9c8)cc(-c8ccc9c(c8)c8ccccc8n9-c8ccccc8)c7)ccc65)cc4-c4ccc5c6ccccc6c6ccccc6c5c4)cccc23)cc1. The van der Waals surface area contributed by atoms with Crippen LogP contribution in [0.15, 0.2) is 431 Å². The standard InChI is InChI=1S/C119H71N3S/c1-3-25-72(26-4-1)83-43-23-44-102-103-45-24-46-104(119(103)123-118(83)102)108-68-77(113-70-109-94-39-17-13-33-88(94)89-34-14-18-40-95(89)112(109)71-120-113)51-57-99(108)96-58-54-82(69-105(96)76-50-56-98-91-36-10-8-30-85(91)87-32-12-16-38-93(87)107(98)67-76)122-115-48-22-20-42-101(115)111-66-75(53-60-117(111)122)80-62-78(73-49-55-97-90-35-9-7-29-84(90)86-31-11-15-37-92(86)106(97)64-73)61-79(63-80)74-52-59-116-110(65-74)100-41-19-21-47-114(100)121(116)81-27-5-2-6-28-81/h1-71H. The van der Waals surface area contributed by atoms with Crippen LogP contribution in [0.2, 0.25) is 0 Å². The summed E-state index contributed by atoms with van der Waals surface area (Å²) in [6.07, 6.45) is 2.11. The van der Waals surface area contributed by atoms with E-state index in [0.717, 1.165) is 94.7 Å². The molecule has 0 aliphatic rings. The highest BCUT2D eigenvalue weighted by molar-refractivity contribution is 7.27. The second kappa shape index (κ2) is 27.4. The zero-order chi connectivity index (χ0) is 80.5. The maximum absolute atomic E-state index is 5.45. The van der Waals surface area contributed by atoms with E-state index >= 15 is 0 Å². The molecule has 568 valence electrons. The predicted molar refractivity (Wildman–Crippen MR) is 527 cm³/mol. The van der Waals surface area contributed by atoms with Crippen molar-refractivity contribution in [3.05, 3.63) is 431 Å². The predicted octanol–water partition coefficient (Wildman–Crippen LogP) is 33.4. The Labute approximate surface area is 712 Å². The van der Waals surface area contributed by atoms with Gasteiger partial charge in [0.2, 0.25) is 0 Å². The molecule has 26 aromatic rings. The smallest absolute Gasteiger partial charge is 0.0708 e. The third-order valence-corrected chi connectivity index (χ3v) is 27.8. The Bertz CT molecular complexity index is 8910. The molecule has 4 heterocycles. The molecule has 0 saturated heterocycles. The molecular formula is C119H71N3S. The van der Waals surface area contributed by atoms with Crippen LogP contribution in [0.4, 0.5) is 0 Å². The van der Waals surface area contributed by atoms with Crippen molar-refractivity contribution < 1.29 is 0 Å². The number of thiophene rings is 1. The van der Waals surface area contributed by atoms with Crippen molar-refractivity contribution in [2.45, 2.75) is 0 Å². The van der Waals surface area contributed by atoms with Gasteiger partial charge in [-0.15, -0.1) is 11.3 Å². The maximum atomic E-state index is 5.45. The zero-order valence-electron chi connectivity index (χ0n) is 66.7. The monoisotopic (exact) mass is 1570 g/mol. The fourth-order valence-corrected chi connectivity index (χ4v) is 22.2. The van der Waals surface area contributed by atoms with Crippen LogP contribution in [0.25, 0.3) is 261 Å². The summed E-state index contributed by atoms with van der Waals surface area (Å²) >= 11 is 1.90. The van der Waals surface area contributed by atoms with Crippen molar-refractivity contribution in [3.8, 4) is 101 Å². The Morgan fingerprint density at radius 1 is 0.154 bits per heavy atom. The van der Waals surface area contributed by atoms with E-state index in [4.69, 9.17) is 4.98 Å².